The molecule has 0 bridgehead atoms. The largest absolute Gasteiger partial charge is 0.459 e. The van der Waals surface area contributed by atoms with Crippen molar-refractivity contribution in [1.29, 1.82) is 0 Å². The third-order valence-corrected chi connectivity index (χ3v) is 7.57. The molecule has 37 heavy (non-hydrogen) atoms. The molecule has 1 saturated heterocycles. The van der Waals surface area contributed by atoms with Crippen LogP contribution in [0.5, 0.6) is 0 Å². The molecule has 3 heterocycles. The Labute approximate surface area is 222 Å². The van der Waals surface area contributed by atoms with E-state index in [1.807, 2.05) is 42.0 Å². The van der Waals surface area contributed by atoms with Crippen molar-refractivity contribution in [2.45, 2.75) is 35.9 Å². The van der Waals surface area contributed by atoms with Gasteiger partial charge in [-0.15, -0.1) is 23.1 Å². The van der Waals surface area contributed by atoms with Crippen LogP contribution in [0.4, 0.5) is 10.5 Å². The Kier molecular flexibility index (Phi) is 8.51. The van der Waals surface area contributed by atoms with Crippen LogP contribution in [0.15, 0.2) is 69.5 Å². The van der Waals surface area contributed by atoms with E-state index in [1.54, 1.807) is 23.9 Å². The second-order valence-electron chi connectivity index (χ2n) is 8.39. The molecule has 3 unspecified atom stereocenters. The minimum absolute atomic E-state index is 0.0711. The maximum absolute atomic E-state index is 13.5. The lowest BCUT2D eigenvalue weighted by Crippen LogP contribution is -2.58. The third-order valence-electron chi connectivity index (χ3n) is 5.95. The van der Waals surface area contributed by atoms with Gasteiger partial charge in [0.25, 0.3) is 5.91 Å². The van der Waals surface area contributed by atoms with Gasteiger partial charge in [-0.25, -0.2) is 4.79 Å². The van der Waals surface area contributed by atoms with Crippen LogP contribution in [0, 0.1) is 0 Å². The van der Waals surface area contributed by atoms with Crippen molar-refractivity contribution in [3.05, 3.63) is 70.8 Å². The van der Waals surface area contributed by atoms with Crippen molar-refractivity contribution in [3.8, 4) is 0 Å². The second kappa shape index (κ2) is 12.0. The van der Waals surface area contributed by atoms with Crippen LogP contribution >= 0.6 is 23.1 Å². The first-order chi connectivity index (χ1) is 17.9. The Morgan fingerprint density at radius 3 is 2.70 bits per heavy atom. The molecular weight excluding hydrogens is 514 g/mol. The highest BCUT2D eigenvalue weighted by Gasteiger charge is 2.44. The van der Waals surface area contributed by atoms with E-state index in [-0.39, 0.29) is 18.7 Å². The number of primary amides is 1. The Morgan fingerprint density at radius 2 is 2.03 bits per heavy atom. The van der Waals surface area contributed by atoms with E-state index < -0.39 is 41.9 Å². The van der Waals surface area contributed by atoms with Crippen molar-refractivity contribution >= 4 is 52.5 Å². The first kappa shape index (κ1) is 26.3. The number of nitrogens with one attached hydrogen (secondary N) is 3. The fraction of sp³-hybridized carbons (Fsp3) is 0.280. The highest BCUT2D eigenvalue weighted by molar-refractivity contribution is 7.98. The summed E-state index contributed by atoms with van der Waals surface area (Å²) < 4.78 is 5.25. The van der Waals surface area contributed by atoms with Crippen molar-refractivity contribution < 1.29 is 23.6 Å². The molecule has 1 aliphatic rings. The number of hydrogen-bond acceptors (Lipinski definition) is 7. The lowest BCUT2D eigenvalue weighted by atomic mass is 10.1. The summed E-state index contributed by atoms with van der Waals surface area (Å²) in [5.41, 5.74) is 6.16. The molecule has 0 radical (unpaired) electrons. The van der Waals surface area contributed by atoms with Crippen molar-refractivity contribution in [2.24, 2.45) is 5.73 Å². The van der Waals surface area contributed by atoms with Gasteiger partial charge in [-0.3, -0.25) is 14.4 Å². The number of anilines is 1. The van der Waals surface area contributed by atoms with Crippen LogP contribution in [-0.2, 0) is 16.0 Å². The SMILES string of the molecule is CSc1cccc(NC(=O)NC2CCN(C(=O)c3ccco3)C2C(=O)NC(Cc2cccs2)C(N)=O)c1. The van der Waals surface area contributed by atoms with Crippen LogP contribution < -0.4 is 21.7 Å². The van der Waals surface area contributed by atoms with E-state index in [0.29, 0.717) is 12.1 Å². The average molecular weight is 542 g/mol. The molecule has 2 aromatic heterocycles. The van der Waals surface area contributed by atoms with Gasteiger partial charge in [0.2, 0.25) is 11.8 Å². The minimum Gasteiger partial charge on any atom is -0.459 e. The molecule has 1 aromatic carbocycles. The number of furan rings is 1. The van der Waals surface area contributed by atoms with Crippen molar-refractivity contribution in [1.82, 2.24) is 15.5 Å². The molecular formula is C25H27N5O5S2. The van der Waals surface area contributed by atoms with Crippen LogP contribution in [0.25, 0.3) is 0 Å². The van der Waals surface area contributed by atoms with E-state index in [4.69, 9.17) is 10.2 Å². The molecule has 0 aliphatic carbocycles. The molecule has 3 atom stereocenters. The molecule has 5 N–H and O–H groups in total. The van der Waals surface area contributed by atoms with Gasteiger partial charge in [0.15, 0.2) is 5.76 Å². The summed E-state index contributed by atoms with van der Waals surface area (Å²) in [5, 5.41) is 10.1. The Bertz CT molecular complexity index is 1250. The van der Waals surface area contributed by atoms with Crippen molar-refractivity contribution in [3.63, 3.8) is 0 Å². The normalized spacial score (nSPS) is 17.7. The van der Waals surface area contributed by atoms with E-state index in [2.05, 4.69) is 16.0 Å². The summed E-state index contributed by atoms with van der Waals surface area (Å²) in [6.45, 7) is 0.205. The Hall–Kier alpha value is -3.77. The molecule has 1 aliphatic heterocycles. The Morgan fingerprint density at radius 1 is 1.19 bits per heavy atom. The average Bonchev–Trinajstić information content (AvgIpc) is 3.65. The third kappa shape index (κ3) is 6.52. The number of thioether (sulfide) groups is 1. The van der Waals surface area contributed by atoms with Gasteiger partial charge in [-0.2, -0.15) is 0 Å². The van der Waals surface area contributed by atoms with E-state index in [9.17, 15) is 19.2 Å². The molecule has 10 nitrogen and oxygen atoms in total. The number of thiophene rings is 1. The summed E-state index contributed by atoms with van der Waals surface area (Å²) in [4.78, 5) is 54.8. The Balaban J connectivity index is 1.52. The van der Waals surface area contributed by atoms with Crippen LogP contribution in [-0.4, -0.2) is 59.6 Å². The number of carbonyl (C=O) groups is 4. The summed E-state index contributed by atoms with van der Waals surface area (Å²) in [6, 6.07) is 10.8. The lowest BCUT2D eigenvalue weighted by molar-refractivity contribution is -0.130. The molecule has 194 valence electrons. The van der Waals surface area contributed by atoms with Gasteiger partial charge in [0.05, 0.1) is 12.3 Å². The number of likely N-dealkylation sites (tertiary alicyclic amines) is 1. The summed E-state index contributed by atoms with van der Waals surface area (Å²) >= 11 is 2.99. The zero-order chi connectivity index (χ0) is 26.4. The highest BCUT2D eigenvalue weighted by Crippen LogP contribution is 2.23. The number of nitrogens with two attached hydrogens (primary N) is 1. The zero-order valence-corrected chi connectivity index (χ0v) is 21.6. The van der Waals surface area contributed by atoms with E-state index in [1.165, 1.54) is 28.6 Å². The van der Waals surface area contributed by atoms with Crippen LogP contribution in [0.1, 0.15) is 21.9 Å². The smallest absolute Gasteiger partial charge is 0.319 e. The number of nitrogens with zero attached hydrogens (tertiary/aromatic N) is 1. The number of carbonyl (C=O) groups excluding carboxylic acids is 4. The fourth-order valence-electron chi connectivity index (χ4n) is 4.18. The predicted molar refractivity (Wildman–Crippen MR) is 141 cm³/mol. The van der Waals surface area contributed by atoms with E-state index in [0.717, 1.165) is 9.77 Å². The van der Waals surface area contributed by atoms with Gasteiger partial charge in [0, 0.05) is 28.4 Å². The first-order valence-corrected chi connectivity index (χ1v) is 13.6. The topological polar surface area (TPSA) is 147 Å². The molecule has 3 aromatic rings. The predicted octanol–water partition coefficient (Wildman–Crippen LogP) is 2.68. The fourth-order valence-corrected chi connectivity index (χ4v) is 5.39. The first-order valence-electron chi connectivity index (χ1n) is 11.5. The summed E-state index contributed by atoms with van der Waals surface area (Å²) in [5.74, 6) is -1.70. The maximum atomic E-state index is 13.5. The van der Waals surface area contributed by atoms with Gasteiger partial charge in [-0.05, 0) is 54.5 Å². The summed E-state index contributed by atoms with van der Waals surface area (Å²) in [6.07, 6.45) is 3.86. The molecule has 12 heteroatoms. The number of hydrogen-bond donors (Lipinski definition) is 4. The van der Waals surface area contributed by atoms with Gasteiger partial charge >= 0.3 is 6.03 Å². The van der Waals surface area contributed by atoms with Crippen LogP contribution in [0.2, 0.25) is 0 Å². The number of amides is 5. The number of rotatable bonds is 9. The second-order valence-corrected chi connectivity index (χ2v) is 10.3. The molecule has 5 amide bonds. The molecule has 4 rings (SSSR count). The molecule has 0 saturated carbocycles. The minimum atomic E-state index is -1.08. The van der Waals surface area contributed by atoms with Crippen molar-refractivity contribution in [2.75, 3.05) is 18.1 Å². The van der Waals surface area contributed by atoms with Gasteiger partial charge in [0.1, 0.15) is 12.1 Å². The van der Waals surface area contributed by atoms with Gasteiger partial charge < -0.3 is 31.0 Å². The summed E-state index contributed by atoms with van der Waals surface area (Å²) in [7, 11) is 0. The zero-order valence-electron chi connectivity index (χ0n) is 20.0. The monoisotopic (exact) mass is 541 g/mol. The maximum Gasteiger partial charge on any atom is 0.319 e. The molecule has 0 spiro atoms. The van der Waals surface area contributed by atoms with Gasteiger partial charge in [-0.1, -0.05) is 12.1 Å². The quantitative estimate of drug-likeness (QED) is 0.306. The van der Waals surface area contributed by atoms with E-state index >= 15 is 0 Å². The lowest BCUT2D eigenvalue weighted by Gasteiger charge is -2.28. The molecule has 1 fully saturated rings. The number of urea groups is 1. The van der Waals surface area contributed by atoms with Crippen LogP contribution in [0.3, 0.4) is 0 Å². The number of benzene rings is 1. The highest BCUT2D eigenvalue weighted by atomic mass is 32.2. The standard InChI is InChI=1S/C25H27N5O5S2/c1-36-16-6-2-5-15(13-16)27-25(34)29-18-9-10-30(24(33)20-8-3-11-35-20)21(18)23(32)28-19(22(26)31)14-17-7-4-12-37-17/h2-8,11-13,18-19,21H,9-10,14H2,1H3,(H2,26,31)(H,28,32)(H2,27,29,34).